The summed E-state index contributed by atoms with van der Waals surface area (Å²) in [4.78, 5) is 11.9. The van der Waals surface area contributed by atoms with Gasteiger partial charge in [-0.15, -0.1) is 0 Å². The number of hydrogen-bond donors (Lipinski definition) is 2. The molecule has 0 bridgehead atoms. The lowest BCUT2D eigenvalue weighted by Crippen LogP contribution is -2.40. The highest BCUT2D eigenvalue weighted by Crippen LogP contribution is 2.13. The van der Waals surface area contributed by atoms with E-state index in [1.807, 2.05) is 12.1 Å². The largest absolute Gasteiger partial charge is 0.497 e. The van der Waals surface area contributed by atoms with Gasteiger partial charge >= 0.3 is 0 Å². The Morgan fingerprint density at radius 3 is 2.86 bits per heavy atom. The van der Waals surface area contributed by atoms with Gasteiger partial charge in [0.25, 0.3) is 0 Å². The van der Waals surface area contributed by atoms with Gasteiger partial charge in [0.1, 0.15) is 5.75 Å². The van der Waals surface area contributed by atoms with Gasteiger partial charge in [-0.1, -0.05) is 25.0 Å². The first-order valence-corrected chi connectivity index (χ1v) is 8.41. The Hall–Kier alpha value is -1.55. The minimum absolute atomic E-state index is 0.166. The van der Waals surface area contributed by atoms with Crippen LogP contribution in [0.1, 0.15) is 44.1 Å². The summed E-state index contributed by atoms with van der Waals surface area (Å²) < 4.78 is 5.14. The molecule has 0 radical (unpaired) electrons. The van der Waals surface area contributed by atoms with Crippen molar-refractivity contribution in [2.24, 2.45) is 0 Å². The first-order valence-electron chi connectivity index (χ1n) is 8.41. The molecule has 4 nitrogen and oxygen atoms in total. The Labute approximate surface area is 133 Å². The molecule has 1 aromatic carbocycles. The zero-order valence-corrected chi connectivity index (χ0v) is 13.6. The number of hydrogen-bond acceptors (Lipinski definition) is 3. The van der Waals surface area contributed by atoms with Gasteiger partial charge in [-0.05, 0) is 49.9 Å². The van der Waals surface area contributed by atoms with Crippen molar-refractivity contribution in [1.82, 2.24) is 10.6 Å². The number of nitrogens with one attached hydrogen (secondary N) is 2. The monoisotopic (exact) mass is 304 g/mol. The maximum Gasteiger partial charge on any atom is 0.220 e. The van der Waals surface area contributed by atoms with Crippen LogP contribution < -0.4 is 15.4 Å². The molecule has 0 aliphatic carbocycles. The van der Waals surface area contributed by atoms with Gasteiger partial charge in [0.2, 0.25) is 5.91 Å². The first kappa shape index (κ1) is 16.8. The second-order valence-electron chi connectivity index (χ2n) is 6.01. The normalized spacial score (nSPS) is 18.5. The van der Waals surface area contributed by atoms with Crippen molar-refractivity contribution in [2.45, 2.75) is 51.0 Å². The SMILES string of the molecule is COc1ccc(CCCC(=O)NC[C@@H]2CCCCCN2)cc1. The molecule has 1 aliphatic heterocycles. The van der Waals surface area contributed by atoms with E-state index in [0.29, 0.717) is 12.5 Å². The van der Waals surface area contributed by atoms with Gasteiger partial charge in [-0.2, -0.15) is 0 Å². The Bertz CT molecular complexity index is 437. The van der Waals surface area contributed by atoms with E-state index < -0.39 is 0 Å². The molecule has 1 amide bonds. The van der Waals surface area contributed by atoms with E-state index in [4.69, 9.17) is 4.74 Å². The average Bonchev–Trinajstić information content (AvgIpc) is 2.82. The van der Waals surface area contributed by atoms with E-state index in [9.17, 15) is 4.79 Å². The Balaban J connectivity index is 1.60. The Morgan fingerprint density at radius 2 is 2.09 bits per heavy atom. The maximum absolute atomic E-state index is 11.9. The summed E-state index contributed by atoms with van der Waals surface area (Å²) in [5.41, 5.74) is 1.25. The number of amides is 1. The standard InChI is InChI=1S/C18H28N2O2/c1-22-17-11-9-15(10-12-17)6-5-8-18(21)20-14-16-7-3-2-4-13-19-16/h9-12,16,19H,2-8,13-14H2,1H3,(H,20,21)/t16-/m0/s1. The van der Waals surface area contributed by atoms with Crippen LogP contribution in [0.5, 0.6) is 5.75 Å². The van der Waals surface area contributed by atoms with Crippen molar-refractivity contribution < 1.29 is 9.53 Å². The molecule has 1 fully saturated rings. The summed E-state index contributed by atoms with van der Waals surface area (Å²) in [5.74, 6) is 1.04. The van der Waals surface area contributed by atoms with Crippen LogP contribution in [0.2, 0.25) is 0 Å². The lowest BCUT2D eigenvalue weighted by molar-refractivity contribution is -0.121. The Kier molecular flexibility index (Phi) is 7.23. The molecule has 1 saturated heterocycles. The van der Waals surface area contributed by atoms with Crippen LogP contribution in [0.25, 0.3) is 0 Å². The molecule has 122 valence electrons. The summed E-state index contributed by atoms with van der Waals surface area (Å²) in [6.45, 7) is 1.85. The number of ether oxygens (including phenoxy) is 1. The van der Waals surface area contributed by atoms with Gasteiger partial charge in [-0.3, -0.25) is 4.79 Å². The molecule has 1 aliphatic rings. The molecule has 4 heteroatoms. The molecule has 0 unspecified atom stereocenters. The first-order chi connectivity index (χ1) is 10.8. The second-order valence-corrected chi connectivity index (χ2v) is 6.01. The number of rotatable bonds is 7. The smallest absolute Gasteiger partial charge is 0.220 e. The number of carbonyl (C=O) groups excluding carboxylic acids is 1. The van der Waals surface area contributed by atoms with Crippen LogP contribution in [0.3, 0.4) is 0 Å². The number of methoxy groups -OCH3 is 1. The van der Waals surface area contributed by atoms with Crippen molar-refractivity contribution in [3.63, 3.8) is 0 Å². The fourth-order valence-electron chi connectivity index (χ4n) is 2.85. The summed E-state index contributed by atoms with van der Waals surface area (Å²) in [7, 11) is 1.67. The summed E-state index contributed by atoms with van der Waals surface area (Å²) >= 11 is 0. The van der Waals surface area contributed by atoms with E-state index >= 15 is 0 Å². The number of carbonyl (C=O) groups is 1. The lowest BCUT2D eigenvalue weighted by atomic mass is 10.1. The van der Waals surface area contributed by atoms with Crippen LogP contribution in [-0.2, 0) is 11.2 Å². The molecule has 2 rings (SSSR count). The number of benzene rings is 1. The number of aryl methyl sites for hydroxylation is 1. The van der Waals surface area contributed by atoms with E-state index in [-0.39, 0.29) is 5.91 Å². The maximum atomic E-state index is 11.9. The van der Waals surface area contributed by atoms with Crippen molar-refractivity contribution in [3.8, 4) is 5.75 Å². The molecular weight excluding hydrogens is 276 g/mol. The predicted octanol–water partition coefficient (Wildman–Crippen LogP) is 2.67. The van der Waals surface area contributed by atoms with E-state index in [1.165, 1.54) is 31.2 Å². The highest BCUT2D eigenvalue weighted by Gasteiger charge is 2.12. The van der Waals surface area contributed by atoms with Gasteiger partial charge in [0.15, 0.2) is 0 Å². The van der Waals surface area contributed by atoms with Gasteiger partial charge < -0.3 is 15.4 Å². The third-order valence-electron chi connectivity index (χ3n) is 4.24. The minimum atomic E-state index is 0.166. The third-order valence-corrected chi connectivity index (χ3v) is 4.24. The van der Waals surface area contributed by atoms with Gasteiger partial charge in [-0.25, -0.2) is 0 Å². The topological polar surface area (TPSA) is 50.4 Å². The van der Waals surface area contributed by atoms with Crippen molar-refractivity contribution >= 4 is 5.91 Å². The Morgan fingerprint density at radius 1 is 1.27 bits per heavy atom. The van der Waals surface area contributed by atoms with Crippen LogP contribution in [0, 0.1) is 0 Å². The highest BCUT2D eigenvalue weighted by atomic mass is 16.5. The van der Waals surface area contributed by atoms with E-state index in [2.05, 4.69) is 22.8 Å². The van der Waals surface area contributed by atoms with Crippen molar-refractivity contribution in [1.29, 1.82) is 0 Å². The molecule has 1 aromatic rings. The van der Waals surface area contributed by atoms with Crippen LogP contribution >= 0.6 is 0 Å². The third kappa shape index (κ3) is 6.06. The molecule has 1 heterocycles. The zero-order chi connectivity index (χ0) is 15.6. The summed E-state index contributed by atoms with van der Waals surface area (Å²) in [6, 6.07) is 8.51. The summed E-state index contributed by atoms with van der Waals surface area (Å²) in [6.07, 6.45) is 7.41. The van der Waals surface area contributed by atoms with E-state index in [1.54, 1.807) is 7.11 Å². The summed E-state index contributed by atoms with van der Waals surface area (Å²) in [5, 5.41) is 6.57. The molecule has 2 N–H and O–H groups in total. The fraction of sp³-hybridized carbons (Fsp3) is 0.611. The molecule has 0 spiro atoms. The highest BCUT2D eigenvalue weighted by molar-refractivity contribution is 5.75. The van der Waals surface area contributed by atoms with E-state index in [0.717, 1.165) is 31.7 Å². The molecule has 22 heavy (non-hydrogen) atoms. The van der Waals surface area contributed by atoms with Crippen LogP contribution in [-0.4, -0.2) is 32.1 Å². The molecule has 0 saturated carbocycles. The van der Waals surface area contributed by atoms with Crippen LogP contribution in [0.4, 0.5) is 0 Å². The van der Waals surface area contributed by atoms with Crippen molar-refractivity contribution in [2.75, 3.05) is 20.2 Å². The van der Waals surface area contributed by atoms with Gasteiger partial charge in [0.05, 0.1) is 7.11 Å². The molecule has 0 aromatic heterocycles. The molecular formula is C18H28N2O2. The second kappa shape index (κ2) is 9.46. The fourth-order valence-corrected chi connectivity index (χ4v) is 2.85. The molecule has 1 atom stereocenters. The van der Waals surface area contributed by atoms with Crippen LogP contribution in [0.15, 0.2) is 24.3 Å². The lowest BCUT2D eigenvalue weighted by Gasteiger charge is -2.16. The van der Waals surface area contributed by atoms with Crippen molar-refractivity contribution in [3.05, 3.63) is 29.8 Å². The zero-order valence-electron chi connectivity index (χ0n) is 13.6. The quantitative estimate of drug-likeness (QED) is 0.814. The van der Waals surface area contributed by atoms with Gasteiger partial charge in [0, 0.05) is 19.0 Å². The average molecular weight is 304 g/mol. The minimum Gasteiger partial charge on any atom is -0.497 e. The predicted molar refractivity (Wildman–Crippen MR) is 89.2 cm³/mol.